The summed E-state index contributed by atoms with van der Waals surface area (Å²) >= 11 is 0. The van der Waals surface area contributed by atoms with Gasteiger partial charge < -0.3 is 9.47 Å². The van der Waals surface area contributed by atoms with Gasteiger partial charge in [-0.15, -0.1) is 0 Å². The van der Waals surface area contributed by atoms with Crippen LogP contribution in [0, 0.1) is 28.6 Å². The molecule has 4 rings (SSSR count). The molecule has 0 aromatic rings. The van der Waals surface area contributed by atoms with Crippen LogP contribution in [0.1, 0.15) is 51.9 Å². The van der Waals surface area contributed by atoms with Crippen molar-refractivity contribution in [2.45, 2.75) is 51.9 Å². The molecule has 2 bridgehead atoms. The Morgan fingerprint density at radius 3 is 2.79 bits per heavy atom. The van der Waals surface area contributed by atoms with Gasteiger partial charge in [-0.2, -0.15) is 0 Å². The van der Waals surface area contributed by atoms with Gasteiger partial charge in [-0.1, -0.05) is 13.3 Å². The molecular weight excluding hydrogens is 236 g/mol. The van der Waals surface area contributed by atoms with Crippen LogP contribution >= 0.6 is 0 Å². The molecule has 1 heterocycles. The van der Waals surface area contributed by atoms with Crippen LogP contribution in [-0.2, 0) is 9.47 Å². The summed E-state index contributed by atoms with van der Waals surface area (Å²) in [5.41, 5.74) is 0.952. The van der Waals surface area contributed by atoms with E-state index in [1.54, 1.807) is 0 Å². The Labute approximate surface area is 117 Å². The highest BCUT2D eigenvalue weighted by atomic mass is 16.5. The fourth-order valence-corrected chi connectivity index (χ4v) is 5.70. The average Bonchev–Trinajstić information content (AvgIpc) is 3.04. The number of fused-ring (bicyclic) bond motifs is 5. The second-order valence-electron chi connectivity index (χ2n) is 7.91. The molecule has 19 heavy (non-hydrogen) atoms. The van der Waals surface area contributed by atoms with Crippen molar-refractivity contribution < 1.29 is 9.47 Å². The zero-order chi connectivity index (χ0) is 12.9. The van der Waals surface area contributed by atoms with Crippen molar-refractivity contribution in [2.24, 2.45) is 28.6 Å². The lowest BCUT2D eigenvalue weighted by molar-refractivity contribution is -0.158. The molecule has 2 nitrogen and oxygen atoms in total. The molecule has 0 amide bonds. The maximum absolute atomic E-state index is 6.26. The van der Waals surface area contributed by atoms with Crippen LogP contribution < -0.4 is 0 Å². The highest BCUT2D eigenvalue weighted by Crippen LogP contribution is 2.65. The van der Waals surface area contributed by atoms with Gasteiger partial charge in [0.15, 0.2) is 0 Å². The Morgan fingerprint density at radius 1 is 1.16 bits per heavy atom. The molecule has 4 fully saturated rings. The van der Waals surface area contributed by atoms with Gasteiger partial charge in [-0.3, -0.25) is 0 Å². The summed E-state index contributed by atoms with van der Waals surface area (Å²) in [4.78, 5) is 0. The number of hydrogen-bond acceptors (Lipinski definition) is 2. The quantitative estimate of drug-likeness (QED) is 0.754. The number of rotatable bonds is 5. The second-order valence-corrected chi connectivity index (χ2v) is 7.91. The first kappa shape index (κ1) is 12.6. The minimum Gasteiger partial charge on any atom is -0.380 e. The summed E-state index contributed by atoms with van der Waals surface area (Å²) in [5, 5.41) is 0. The Kier molecular flexibility index (Phi) is 2.97. The molecule has 3 saturated carbocycles. The third kappa shape index (κ3) is 1.82. The maximum atomic E-state index is 6.26. The first-order valence-corrected chi connectivity index (χ1v) is 8.43. The highest BCUT2D eigenvalue weighted by Gasteiger charge is 2.58. The molecule has 0 N–H and O–H groups in total. The summed E-state index contributed by atoms with van der Waals surface area (Å²) in [6.45, 7) is 6.11. The van der Waals surface area contributed by atoms with Crippen LogP contribution in [0.4, 0.5) is 0 Å². The minimum absolute atomic E-state index is 0.363. The minimum atomic E-state index is 0.363. The first-order chi connectivity index (χ1) is 9.27. The summed E-state index contributed by atoms with van der Waals surface area (Å²) in [5.74, 6) is 3.15. The largest absolute Gasteiger partial charge is 0.380 e. The standard InChI is InChI=1S/C17H28O2/c1-2-16(9-18-10-16)11-19-12-17-7-6-13(8-17)14-4-3-5-15(14)17/h13-15H,2-12H2,1H3. The van der Waals surface area contributed by atoms with E-state index in [0.717, 1.165) is 44.2 Å². The normalized spacial score (nSPS) is 46.3. The maximum Gasteiger partial charge on any atom is 0.0566 e. The Hall–Kier alpha value is -0.0800. The highest BCUT2D eigenvalue weighted by molar-refractivity contribution is 5.08. The summed E-state index contributed by atoms with van der Waals surface area (Å²) in [6.07, 6.45) is 10.1. The SMILES string of the molecule is CCC1(COCC23CCC(C2)C2CCCC23)COC1. The van der Waals surface area contributed by atoms with Crippen LogP contribution in [0.5, 0.6) is 0 Å². The van der Waals surface area contributed by atoms with Gasteiger partial charge in [-0.25, -0.2) is 0 Å². The van der Waals surface area contributed by atoms with E-state index < -0.39 is 0 Å². The van der Waals surface area contributed by atoms with E-state index in [0.29, 0.717) is 10.8 Å². The smallest absolute Gasteiger partial charge is 0.0566 e. The fourth-order valence-electron chi connectivity index (χ4n) is 5.70. The fraction of sp³-hybridized carbons (Fsp3) is 1.00. The van der Waals surface area contributed by atoms with Gasteiger partial charge in [-0.05, 0) is 61.7 Å². The lowest BCUT2D eigenvalue weighted by Gasteiger charge is -2.42. The molecule has 0 aromatic heterocycles. The van der Waals surface area contributed by atoms with Crippen LogP contribution in [0.3, 0.4) is 0 Å². The van der Waals surface area contributed by atoms with E-state index in [4.69, 9.17) is 9.47 Å². The van der Waals surface area contributed by atoms with Gasteiger partial charge in [0.1, 0.15) is 0 Å². The lowest BCUT2D eigenvalue weighted by atomic mass is 9.72. The van der Waals surface area contributed by atoms with Crippen molar-refractivity contribution in [3.05, 3.63) is 0 Å². The van der Waals surface area contributed by atoms with Crippen molar-refractivity contribution >= 4 is 0 Å². The average molecular weight is 264 g/mol. The van der Waals surface area contributed by atoms with Gasteiger partial charge in [0.25, 0.3) is 0 Å². The Morgan fingerprint density at radius 2 is 2.05 bits per heavy atom. The third-order valence-electron chi connectivity index (χ3n) is 7.01. The molecule has 0 radical (unpaired) electrons. The van der Waals surface area contributed by atoms with Crippen molar-refractivity contribution in [1.82, 2.24) is 0 Å². The number of ether oxygens (including phenoxy) is 2. The molecule has 3 aliphatic carbocycles. The molecule has 4 unspecified atom stereocenters. The molecule has 0 aromatic carbocycles. The van der Waals surface area contributed by atoms with Gasteiger partial charge in [0.2, 0.25) is 0 Å². The van der Waals surface area contributed by atoms with Crippen LogP contribution in [-0.4, -0.2) is 26.4 Å². The molecule has 1 aliphatic heterocycles. The predicted molar refractivity (Wildman–Crippen MR) is 75.0 cm³/mol. The van der Waals surface area contributed by atoms with Crippen molar-refractivity contribution in [1.29, 1.82) is 0 Å². The van der Waals surface area contributed by atoms with Crippen molar-refractivity contribution in [3.8, 4) is 0 Å². The third-order valence-corrected chi connectivity index (χ3v) is 7.01. The van der Waals surface area contributed by atoms with Crippen LogP contribution in [0.2, 0.25) is 0 Å². The molecule has 1 saturated heterocycles. The van der Waals surface area contributed by atoms with Crippen LogP contribution in [0.15, 0.2) is 0 Å². The van der Waals surface area contributed by atoms with E-state index in [2.05, 4.69) is 6.92 Å². The molecule has 4 atom stereocenters. The zero-order valence-corrected chi connectivity index (χ0v) is 12.3. The van der Waals surface area contributed by atoms with Gasteiger partial charge in [0, 0.05) is 5.41 Å². The van der Waals surface area contributed by atoms with E-state index in [-0.39, 0.29) is 0 Å². The summed E-state index contributed by atoms with van der Waals surface area (Å²) in [6, 6.07) is 0. The lowest BCUT2D eigenvalue weighted by Crippen LogP contribution is -2.46. The van der Waals surface area contributed by atoms with Crippen molar-refractivity contribution in [3.63, 3.8) is 0 Å². The summed E-state index contributed by atoms with van der Waals surface area (Å²) < 4.78 is 11.7. The zero-order valence-electron chi connectivity index (χ0n) is 12.3. The van der Waals surface area contributed by atoms with E-state index in [1.165, 1.54) is 44.9 Å². The Balaban J connectivity index is 1.37. The molecule has 4 aliphatic rings. The predicted octanol–water partition coefficient (Wildman–Crippen LogP) is 3.65. The van der Waals surface area contributed by atoms with E-state index in [9.17, 15) is 0 Å². The Bertz CT molecular complexity index is 344. The van der Waals surface area contributed by atoms with E-state index in [1.807, 2.05) is 0 Å². The monoisotopic (exact) mass is 264 g/mol. The second kappa shape index (κ2) is 4.46. The molecule has 108 valence electrons. The first-order valence-electron chi connectivity index (χ1n) is 8.43. The topological polar surface area (TPSA) is 18.5 Å². The molecule has 0 spiro atoms. The molecule has 2 heteroatoms. The molecular formula is C17H28O2. The number of hydrogen-bond donors (Lipinski definition) is 0. The van der Waals surface area contributed by atoms with Gasteiger partial charge in [0.05, 0.1) is 26.4 Å². The van der Waals surface area contributed by atoms with E-state index >= 15 is 0 Å². The van der Waals surface area contributed by atoms with Crippen LogP contribution in [0.25, 0.3) is 0 Å². The van der Waals surface area contributed by atoms with Crippen molar-refractivity contribution in [2.75, 3.05) is 26.4 Å². The van der Waals surface area contributed by atoms with Gasteiger partial charge >= 0.3 is 0 Å². The summed E-state index contributed by atoms with van der Waals surface area (Å²) in [7, 11) is 0.